The van der Waals surface area contributed by atoms with Crippen molar-refractivity contribution in [3.8, 4) is 0 Å². The Morgan fingerprint density at radius 2 is 2.18 bits per heavy atom. The summed E-state index contributed by atoms with van der Waals surface area (Å²) in [5.41, 5.74) is 7.12. The fraction of sp³-hybridized carbons (Fsp3) is 0.417. The van der Waals surface area contributed by atoms with Gasteiger partial charge < -0.3 is 15.7 Å². The van der Waals surface area contributed by atoms with Gasteiger partial charge in [-0.05, 0) is 48.0 Å². The zero-order valence-corrected chi connectivity index (χ0v) is 11.7. The molecule has 1 aromatic carbocycles. The van der Waals surface area contributed by atoms with Crippen molar-refractivity contribution in [3.05, 3.63) is 28.2 Å². The maximum Gasteiger partial charge on any atom is 0.122 e. The second-order valence-electron chi connectivity index (χ2n) is 4.09. The zero-order valence-electron chi connectivity index (χ0n) is 10.1. The minimum Gasteiger partial charge on any atom is -0.395 e. The van der Waals surface area contributed by atoms with Crippen molar-refractivity contribution in [2.75, 3.05) is 18.1 Å². The molecule has 0 bridgehead atoms. The Bertz CT molecular complexity index is 407. The average Bonchev–Trinajstić information content (AvgIpc) is 2.26. The van der Waals surface area contributed by atoms with E-state index in [0.717, 1.165) is 10.2 Å². The van der Waals surface area contributed by atoms with Crippen LogP contribution in [0.5, 0.6) is 0 Å². The third kappa shape index (κ3) is 3.44. The first-order valence-corrected chi connectivity index (χ1v) is 6.28. The summed E-state index contributed by atoms with van der Waals surface area (Å²) >= 11 is 3.48. The molecule has 0 spiro atoms. The molecule has 1 rings (SSSR count). The molecule has 0 amide bonds. The fourth-order valence-electron chi connectivity index (χ4n) is 1.67. The number of nitrogen functional groups attached to an aromatic ring is 1. The normalized spacial score (nSPS) is 10.6. The van der Waals surface area contributed by atoms with Crippen LogP contribution >= 0.6 is 15.9 Å². The molecule has 0 aliphatic heterocycles. The summed E-state index contributed by atoms with van der Waals surface area (Å²) in [6.07, 6.45) is 0. The average molecular weight is 300 g/mol. The van der Waals surface area contributed by atoms with Crippen molar-refractivity contribution in [2.24, 2.45) is 5.73 Å². The Kier molecular flexibility index (Phi) is 4.96. The molecular formula is C12H18BrN3O. The molecule has 5 heteroatoms. The van der Waals surface area contributed by atoms with Gasteiger partial charge in [0.2, 0.25) is 0 Å². The molecule has 0 heterocycles. The largest absolute Gasteiger partial charge is 0.395 e. The molecule has 0 radical (unpaired) electrons. The summed E-state index contributed by atoms with van der Waals surface area (Å²) < 4.78 is 0.882. The van der Waals surface area contributed by atoms with E-state index in [4.69, 9.17) is 16.2 Å². The number of hydrogen-bond donors (Lipinski definition) is 3. The Morgan fingerprint density at radius 3 is 2.59 bits per heavy atom. The van der Waals surface area contributed by atoms with Gasteiger partial charge in [-0.1, -0.05) is 0 Å². The Morgan fingerprint density at radius 1 is 1.53 bits per heavy atom. The predicted octanol–water partition coefficient (Wildman–Crippen LogP) is 1.94. The second-order valence-corrected chi connectivity index (χ2v) is 4.94. The van der Waals surface area contributed by atoms with E-state index in [0.29, 0.717) is 18.2 Å². The molecule has 0 aromatic heterocycles. The number of rotatable bonds is 5. The minimum atomic E-state index is 0.0514. The second kappa shape index (κ2) is 6.02. The van der Waals surface area contributed by atoms with E-state index in [1.807, 2.05) is 18.2 Å². The molecule has 0 aliphatic carbocycles. The van der Waals surface area contributed by atoms with Crippen LogP contribution in [0, 0.1) is 5.41 Å². The van der Waals surface area contributed by atoms with Crippen LogP contribution in [0.2, 0.25) is 0 Å². The molecule has 94 valence electrons. The van der Waals surface area contributed by atoms with E-state index >= 15 is 0 Å². The fourth-order valence-corrected chi connectivity index (χ4v) is 2.28. The third-order valence-electron chi connectivity index (χ3n) is 2.53. The van der Waals surface area contributed by atoms with Gasteiger partial charge >= 0.3 is 0 Å². The molecule has 1 aromatic rings. The highest BCUT2D eigenvalue weighted by Gasteiger charge is 2.13. The van der Waals surface area contributed by atoms with E-state index in [1.54, 1.807) is 0 Å². The van der Waals surface area contributed by atoms with Gasteiger partial charge in [-0.2, -0.15) is 0 Å². The van der Waals surface area contributed by atoms with Gasteiger partial charge in [-0.3, -0.25) is 5.41 Å². The van der Waals surface area contributed by atoms with Gasteiger partial charge in [0.25, 0.3) is 0 Å². The van der Waals surface area contributed by atoms with Crippen molar-refractivity contribution >= 4 is 27.5 Å². The van der Waals surface area contributed by atoms with Crippen LogP contribution in [-0.2, 0) is 0 Å². The quantitative estimate of drug-likeness (QED) is 0.575. The molecule has 4 N–H and O–H groups in total. The number of halogens is 1. The lowest BCUT2D eigenvalue weighted by molar-refractivity contribution is 0.299. The topological polar surface area (TPSA) is 73.3 Å². The minimum absolute atomic E-state index is 0.0514. The van der Waals surface area contributed by atoms with Crippen molar-refractivity contribution < 1.29 is 5.11 Å². The highest BCUT2D eigenvalue weighted by atomic mass is 79.9. The highest BCUT2D eigenvalue weighted by molar-refractivity contribution is 9.10. The van der Waals surface area contributed by atoms with E-state index in [-0.39, 0.29) is 12.4 Å². The number of amidine groups is 1. The summed E-state index contributed by atoms with van der Waals surface area (Å²) in [5, 5.41) is 16.4. The molecule has 0 fully saturated rings. The monoisotopic (exact) mass is 299 g/mol. The number of nitrogens with two attached hydrogens (primary N) is 1. The molecule has 0 atom stereocenters. The van der Waals surface area contributed by atoms with Gasteiger partial charge in [-0.25, -0.2) is 0 Å². The number of nitrogens with zero attached hydrogens (tertiary/aromatic N) is 1. The highest BCUT2D eigenvalue weighted by Crippen LogP contribution is 2.28. The van der Waals surface area contributed by atoms with Crippen molar-refractivity contribution in [2.45, 2.75) is 19.9 Å². The first-order valence-electron chi connectivity index (χ1n) is 5.48. The lowest BCUT2D eigenvalue weighted by Crippen LogP contribution is -2.33. The lowest BCUT2D eigenvalue weighted by atomic mass is 10.1. The van der Waals surface area contributed by atoms with Gasteiger partial charge in [0.15, 0.2) is 0 Å². The first-order chi connectivity index (χ1) is 7.97. The number of aliphatic hydroxyl groups excluding tert-OH is 1. The third-order valence-corrected chi connectivity index (χ3v) is 3.17. The van der Waals surface area contributed by atoms with Gasteiger partial charge in [-0.15, -0.1) is 0 Å². The van der Waals surface area contributed by atoms with Gasteiger partial charge in [0.1, 0.15) is 5.84 Å². The summed E-state index contributed by atoms with van der Waals surface area (Å²) in [6, 6.07) is 5.84. The number of benzene rings is 1. The summed E-state index contributed by atoms with van der Waals surface area (Å²) in [6.45, 7) is 4.83. The molecule has 0 saturated carbocycles. The van der Waals surface area contributed by atoms with E-state index in [9.17, 15) is 0 Å². The van der Waals surface area contributed by atoms with Crippen LogP contribution in [0.25, 0.3) is 0 Å². The van der Waals surface area contributed by atoms with Crippen molar-refractivity contribution in [1.29, 1.82) is 5.41 Å². The van der Waals surface area contributed by atoms with E-state index in [1.165, 1.54) is 0 Å². The maximum absolute atomic E-state index is 9.07. The number of hydrogen-bond acceptors (Lipinski definition) is 3. The first kappa shape index (κ1) is 14.0. The molecular weight excluding hydrogens is 282 g/mol. The Balaban J connectivity index is 3.08. The Labute approximate surface area is 110 Å². The number of anilines is 1. The van der Waals surface area contributed by atoms with Crippen LogP contribution < -0.4 is 10.6 Å². The van der Waals surface area contributed by atoms with Crippen LogP contribution in [-0.4, -0.2) is 30.1 Å². The van der Waals surface area contributed by atoms with Gasteiger partial charge in [0.05, 0.1) is 12.3 Å². The summed E-state index contributed by atoms with van der Waals surface area (Å²) in [7, 11) is 0. The summed E-state index contributed by atoms with van der Waals surface area (Å²) in [4.78, 5) is 2.09. The van der Waals surface area contributed by atoms with Gasteiger partial charge in [0, 0.05) is 22.6 Å². The van der Waals surface area contributed by atoms with E-state index in [2.05, 4.69) is 34.7 Å². The molecule has 0 aliphatic rings. The van der Waals surface area contributed by atoms with Crippen LogP contribution in [0.1, 0.15) is 19.4 Å². The SMILES string of the molecule is CC(C)N(CCO)c1ccc(C(=N)N)cc1Br. The van der Waals surface area contributed by atoms with Crippen molar-refractivity contribution in [1.82, 2.24) is 0 Å². The molecule has 0 saturated heterocycles. The zero-order chi connectivity index (χ0) is 13.0. The standard InChI is InChI=1S/C12H18BrN3O/c1-8(2)16(5-6-17)11-4-3-9(12(14)15)7-10(11)13/h3-4,7-8,17H,5-6H2,1-2H3,(H3,14,15). The lowest BCUT2D eigenvalue weighted by Gasteiger charge is -2.29. The Hall–Kier alpha value is -1.07. The smallest absolute Gasteiger partial charge is 0.122 e. The predicted molar refractivity (Wildman–Crippen MR) is 74.7 cm³/mol. The number of aliphatic hydroxyl groups is 1. The maximum atomic E-state index is 9.07. The summed E-state index contributed by atoms with van der Waals surface area (Å²) in [5.74, 6) is 0.0514. The van der Waals surface area contributed by atoms with Crippen LogP contribution in [0.3, 0.4) is 0 Å². The molecule has 4 nitrogen and oxygen atoms in total. The van der Waals surface area contributed by atoms with Crippen LogP contribution in [0.15, 0.2) is 22.7 Å². The molecule has 17 heavy (non-hydrogen) atoms. The molecule has 0 unspecified atom stereocenters. The number of nitrogens with one attached hydrogen (secondary N) is 1. The van der Waals surface area contributed by atoms with Crippen LogP contribution in [0.4, 0.5) is 5.69 Å². The van der Waals surface area contributed by atoms with E-state index < -0.39 is 0 Å². The van der Waals surface area contributed by atoms with Crippen molar-refractivity contribution in [3.63, 3.8) is 0 Å².